The third-order valence-corrected chi connectivity index (χ3v) is 4.31. The number of carbonyl (C=O) groups is 2. The minimum absolute atomic E-state index is 0.0217. The summed E-state index contributed by atoms with van der Waals surface area (Å²) in [4.78, 5) is 32.2. The van der Waals surface area contributed by atoms with Crippen LogP contribution in [0.25, 0.3) is 0 Å². The number of nitrogens with zero attached hydrogens (tertiary/aromatic N) is 1. The summed E-state index contributed by atoms with van der Waals surface area (Å²) in [6.07, 6.45) is 0. The van der Waals surface area contributed by atoms with E-state index in [1.807, 2.05) is 0 Å². The second-order valence-corrected chi connectivity index (χ2v) is 5.74. The molecule has 0 aliphatic carbocycles. The molecule has 2 N–H and O–H groups in total. The van der Waals surface area contributed by atoms with Gasteiger partial charge in [0.15, 0.2) is 0 Å². The van der Waals surface area contributed by atoms with E-state index in [-0.39, 0.29) is 21.5 Å². The first-order valence-electron chi connectivity index (χ1n) is 5.48. The number of nitro groups is 1. The summed E-state index contributed by atoms with van der Waals surface area (Å²) in [6, 6.07) is 1.14. The van der Waals surface area contributed by atoms with Gasteiger partial charge in [-0.1, -0.05) is 23.2 Å². The molecule has 1 rings (SSSR count). The van der Waals surface area contributed by atoms with Crippen LogP contribution >= 0.6 is 35.0 Å². The number of nitrogens with one attached hydrogen (secondary N) is 1. The molecule has 0 unspecified atom stereocenters. The highest BCUT2D eigenvalue weighted by Gasteiger charge is 2.21. The highest BCUT2D eigenvalue weighted by molar-refractivity contribution is 7.99. The SMILES string of the molecule is CC(=O)N[C@@H](CSc1c(Cl)cc([N+](=O)[O-])cc1Cl)C(=O)O. The van der Waals surface area contributed by atoms with E-state index in [0.717, 1.165) is 23.9 Å². The number of benzene rings is 1. The number of carboxylic acid groups (broad SMARTS) is 1. The number of carbonyl (C=O) groups excluding carboxylic acids is 1. The fourth-order valence-electron chi connectivity index (χ4n) is 1.38. The molecule has 0 fully saturated rings. The maximum atomic E-state index is 11.0. The Morgan fingerprint density at radius 3 is 2.33 bits per heavy atom. The van der Waals surface area contributed by atoms with E-state index in [0.29, 0.717) is 4.90 Å². The third-order valence-electron chi connectivity index (χ3n) is 2.26. The maximum Gasteiger partial charge on any atom is 0.327 e. The van der Waals surface area contributed by atoms with E-state index in [9.17, 15) is 19.7 Å². The highest BCUT2D eigenvalue weighted by atomic mass is 35.5. The van der Waals surface area contributed by atoms with Crippen LogP contribution in [0.5, 0.6) is 0 Å². The molecule has 0 spiro atoms. The Morgan fingerprint density at radius 1 is 1.43 bits per heavy atom. The highest BCUT2D eigenvalue weighted by Crippen LogP contribution is 2.37. The van der Waals surface area contributed by atoms with Gasteiger partial charge in [0.25, 0.3) is 5.69 Å². The van der Waals surface area contributed by atoms with Crippen molar-refractivity contribution in [3.63, 3.8) is 0 Å². The van der Waals surface area contributed by atoms with Crippen LogP contribution in [0, 0.1) is 10.1 Å². The van der Waals surface area contributed by atoms with Gasteiger partial charge in [0.1, 0.15) is 6.04 Å². The van der Waals surface area contributed by atoms with Crippen molar-refractivity contribution in [1.29, 1.82) is 0 Å². The summed E-state index contributed by atoms with van der Waals surface area (Å²) in [5.74, 6) is -1.71. The van der Waals surface area contributed by atoms with Crippen LogP contribution in [0.15, 0.2) is 17.0 Å². The van der Waals surface area contributed by atoms with Gasteiger partial charge in [-0.15, -0.1) is 11.8 Å². The molecule has 1 aromatic carbocycles. The fourth-order valence-corrected chi connectivity index (χ4v) is 3.13. The topological polar surface area (TPSA) is 110 Å². The zero-order chi connectivity index (χ0) is 16.2. The number of thioether (sulfide) groups is 1. The van der Waals surface area contributed by atoms with Crippen molar-refractivity contribution in [2.75, 3.05) is 5.75 Å². The van der Waals surface area contributed by atoms with Crippen molar-refractivity contribution < 1.29 is 19.6 Å². The minimum atomic E-state index is -1.20. The molecule has 0 saturated carbocycles. The Balaban J connectivity index is 2.90. The molecule has 0 radical (unpaired) electrons. The summed E-state index contributed by atoms with van der Waals surface area (Å²) in [5, 5.41) is 22.0. The second-order valence-electron chi connectivity index (χ2n) is 3.90. The quantitative estimate of drug-likeness (QED) is 0.462. The average Bonchev–Trinajstić information content (AvgIpc) is 2.35. The zero-order valence-corrected chi connectivity index (χ0v) is 13.0. The first-order valence-corrected chi connectivity index (χ1v) is 7.22. The van der Waals surface area contributed by atoms with Gasteiger partial charge in [0.05, 0.1) is 15.0 Å². The second kappa shape index (κ2) is 7.48. The molecule has 1 aromatic rings. The number of hydrogen-bond acceptors (Lipinski definition) is 5. The summed E-state index contributed by atoms with van der Waals surface area (Å²) < 4.78 is 0. The van der Waals surface area contributed by atoms with Gasteiger partial charge < -0.3 is 10.4 Å². The van der Waals surface area contributed by atoms with Crippen molar-refractivity contribution in [2.24, 2.45) is 0 Å². The number of hydrogen-bond donors (Lipinski definition) is 2. The van der Waals surface area contributed by atoms with Crippen LogP contribution in [0.2, 0.25) is 10.0 Å². The third kappa shape index (κ3) is 5.07. The van der Waals surface area contributed by atoms with Crippen LogP contribution in [0.3, 0.4) is 0 Å². The molecule has 7 nitrogen and oxygen atoms in total. The molecule has 1 amide bonds. The lowest BCUT2D eigenvalue weighted by atomic mass is 10.3. The molecule has 0 aromatic heterocycles. The molecule has 0 aliphatic heterocycles. The van der Waals surface area contributed by atoms with Crippen molar-refractivity contribution >= 4 is 52.5 Å². The molecule has 0 aliphatic rings. The molecular formula is C11H10Cl2N2O5S. The van der Waals surface area contributed by atoms with Gasteiger partial charge in [-0.25, -0.2) is 4.79 Å². The Hall–Kier alpha value is -1.51. The van der Waals surface area contributed by atoms with Gasteiger partial charge in [0, 0.05) is 29.7 Å². The van der Waals surface area contributed by atoms with Crippen molar-refractivity contribution in [2.45, 2.75) is 17.9 Å². The van der Waals surface area contributed by atoms with E-state index in [1.165, 1.54) is 6.92 Å². The molecule has 0 bridgehead atoms. The molecule has 0 saturated heterocycles. The van der Waals surface area contributed by atoms with Gasteiger partial charge >= 0.3 is 5.97 Å². The lowest BCUT2D eigenvalue weighted by molar-refractivity contribution is -0.384. The maximum absolute atomic E-state index is 11.0. The number of non-ortho nitro benzene ring substituents is 1. The van der Waals surface area contributed by atoms with Gasteiger partial charge in [-0.2, -0.15) is 0 Å². The predicted octanol–water partition coefficient (Wildman–Crippen LogP) is 2.58. The Bertz CT molecular complexity index is 573. The number of aliphatic carboxylic acids is 1. The van der Waals surface area contributed by atoms with Crippen molar-refractivity contribution in [3.8, 4) is 0 Å². The zero-order valence-electron chi connectivity index (χ0n) is 10.6. The number of halogens is 2. The van der Waals surface area contributed by atoms with Crippen LogP contribution in [-0.2, 0) is 9.59 Å². The average molecular weight is 353 g/mol. The Kier molecular flexibility index (Phi) is 6.25. The minimum Gasteiger partial charge on any atom is -0.480 e. The van der Waals surface area contributed by atoms with E-state index in [1.54, 1.807) is 0 Å². The Morgan fingerprint density at radius 2 is 1.95 bits per heavy atom. The van der Waals surface area contributed by atoms with E-state index >= 15 is 0 Å². The first kappa shape index (κ1) is 17.5. The van der Waals surface area contributed by atoms with E-state index < -0.39 is 22.8 Å². The molecule has 21 heavy (non-hydrogen) atoms. The van der Waals surface area contributed by atoms with E-state index in [2.05, 4.69) is 5.32 Å². The first-order chi connectivity index (χ1) is 9.72. The lowest BCUT2D eigenvalue weighted by Gasteiger charge is -2.13. The summed E-state index contributed by atoms with van der Waals surface area (Å²) in [6.45, 7) is 1.20. The monoisotopic (exact) mass is 352 g/mol. The Labute approximate surface area is 133 Å². The smallest absolute Gasteiger partial charge is 0.327 e. The molecule has 10 heteroatoms. The van der Waals surface area contributed by atoms with Crippen LogP contribution in [0.1, 0.15) is 6.92 Å². The number of nitro benzene ring substituents is 1. The molecule has 1 atom stereocenters. The summed E-state index contributed by atoms with van der Waals surface area (Å²) in [5.41, 5.74) is -0.258. The lowest BCUT2D eigenvalue weighted by Crippen LogP contribution is -2.41. The van der Waals surface area contributed by atoms with Crippen LogP contribution < -0.4 is 5.32 Å². The van der Waals surface area contributed by atoms with E-state index in [4.69, 9.17) is 28.3 Å². The number of carboxylic acids is 1. The molecule has 114 valence electrons. The van der Waals surface area contributed by atoms with Gasteiger partial charge in [0.2, 0.25) is 5.91 Å². The van der Waals surface area contributed by atoms with Crippen molar-refractivity contribution in [3.05, 3.63) is 32.3 Å². The van der Waals surface area contributed by atoms with Gasteiger partial charge in [-0.05, 0) is 0 Å². The standard InChI is InChI=1S/C11H10Cl2N2O5S/c1-5(16)14-9(11(17)18)4-21-10-7(12)2-6(15(19)20)3-8(10)13/h2-3,9H,4H2,1H3,(H,14,16)(H,17,18)/t9-/m0/s1. The fraction of sp³-hybridized carbons (Fsp3) is 0.273. The summed E-state index contributed by atoms with van der Waals surface area (Å²) in [7, 11) is 0. The van der Waals surface area contributed by atoms with Crippen molar-refractivity contribution in [1.82, 2.24) is 5.32 Å². The largest absolute Gasteiger partial charge is 0.480 e. The number of rotatable bonds is 6. The summed E-state index contributed by atoms with van der Waals surface area (Å²) >= 11 is 12.8. The predicted molar refractivity (Wildman–Crippen MR) is 79.1 cm³/mol. The van der Waals surface area contributed by atoms with Crippen LogP contribution in [0.4, 0.5) is 5.69 Å². The molecule has 0 heterocycles. The van der Waals surface area contributed by atoms with Crippen LogP contribution in [-0.4, -0.2) is 33.7 Å². The normalized spacial score (nSPS) is 11.8. The van der Waals surface area contributed by atoms with Gasteiger partial charge in [-0.3, -0.25) is 14.9 Å². The molecular weight excluding hydrogens is 343 g/mol. The number of amides is 1.